The van der Waals surface area contributed by atoms with Crippen LogP contribution >= 0.6 is 0 Å². The van der Waals surface area contributed by atoms with E-state index in [0.29, 0.717) is 5.56 Å². The summed E-state index contributed by atoms with van der Waals surface area (Å²) in [5.41, 5.74) is 4.18. The van der Waals surface area contributed by atoms with Gasteiger partial charge in [-0.3, -0.25) is 14.9 Å². The lowest BCUT2D eigenvalue weighted by Crippen LogP contribution is -2.10. The molecule has 0 aliphatic heterocycles. The fraction of sp³-hybridized carbons (Fsp3) is 0.211. The molecule has 0 N–H and O–H groups in total. The van der Waals surface area contributed by atoms with Crippen LogP contribution in [0.3, 0.4) is 0 Å². The van der Waals surface area contributed by atoms with Crippen molar-refractivity contribution in [2.75, 3.05) is 14.1 Å². The molecule has 0 saturated carbocycles. The van der Waals surface area contributed by atoms with Gasteiger partial charge in [0.1, 0.15) is 0 Å². The molecule has 0 radical (unpaired) electrons. The minimum atomic E-state index is -0.367. The molecule has 5 nitrogen and oxygen atoms in total. The standard InChI is InChI=1S/C19H18N2O3/c1-20(2)12-13-3-5-14(6-4-13)19-17-9-8-16(22)11-15(17)7-10-18(19)21(23)24/h3-10H,11-12H2,1-2H3. The lowest BCUT2D eigenvalue weighted by Gasteiger charge is -2.16. The summed E-state index contributed by atoms with van der Waals surface area (Å²) in [6.45, 7) is 0.809. The number of nitro groups is 1. The van der Waals surface area contributed by atoms with Crippen LogP contribution in [0.1, 0.15) is 16.7 Å². The van der Waals surface area contributed by atoms with Crippen LogP contribution < -0.4 is 0 Å². The Morgan fingerprint density at radius 2 is 1.79 bits per heavy atom. The Labute approximate surface area is 140 Å². The molecular weight excluding hydrogens is 304 g/mol. The third kappa shape index (κ3) is 3.12. The maximum atomic E-state index is 11.6. The van der Waals surface area contributed by atoms with E-state index < -0.39 is 0 Å². The minimum absolute atomic E-state index is 0.0173. The first kappa shape index (κ1) is 16.1. The summed E-state index contributed by atoms with van der Waals surface area (Å²) in [5, 5.41) is 11.5. The van der Waals surface area contributed by atoms with Gasteiger partial charge in [-0.2, -0.15) is 0 Å². The predicted octanol–water partition coefficient (Wildman–Crippen LogP) is 3.46. The van der Waals surface area contributed by atoms with Gasteiger partial charge in [-0.15, -0.1) is 0 Å². The van der Waals surface area contributed by atoms with Gasteiger partial charge in [-0.1, -0.05) is 36.4 Å². The van der Waals surface area contributed by atoms with Crippen LogP contribution in [-0.2, 0) is 17.8 Å². The van der Waals surface area contributed by atoms with Crippen molar-refractivity contribution < 1.29 is 9.72 Å². The molecule has 2 aromatic rings. The van der Waals surface area contributed by atoms with E-state index in [-0.39, 0.29) is 22.8 Å². The summed E-state index contributed by atoms with van der Waals surface area (Å²) in [5.74, 6) is 0.0173. The van der Waals surface area contributed by atoms with Gasteiger partial charge in [-0.05, 0) is 42.4 Å². The second kappa shape index (κ2) is 6.37. The van der Waals surface area contributed by atoms with E-state index in [2.05, 4.69) is 4.90 Å². The smallest absolute Gasteiger partial charge is 0.277 e. The number of hydrogen-bond donors (Lipinski definition) is 0. The largest absolute Gasteiger partial charge is 0.305 e. The zero-order valence-electron chi connectivity index (χ0n) is 13.7. The lowest BCUT2D eigenvalue weighted by atomic mass is 9.88. The highest BCUT2D eigenvalue weighted by Gasteiger charge is 2.23. The van der Waals surface area contributed by atoms with Gasteiger partial charge in [0.15, 0.2) is 5.78 Å². The molecule has 0 aromatic heterocycles. The van der Waals surface area contributed by atoms with E-state index in [1.807, 2.05) is 38.4 Å². The Morgan fingerprint density at radius 3 is 2.42 bits per heavy atom. The predicted molar refractivity (Wildman–Crippen MR) is 93.7 cm³/mol. The van der Waals surface area contributed by atoms with Crippen molar-refractivity contribution in [3.8, 4) is 11.1 Å². The number of ketones is 1. The fourth-order valence-electron chi connectivity index (χ4n) is 3.02. The summed E-state index contributed by atoms with van der Waals surface area (Å²) >= 11 is 0. The van der Waals surface area contributed by atoms with Gasteiger partial charge in [0.05, 0.1) is 10.5 Å². The summed E-state index contributed by atoms with van der Waals surface area (Å²) in [6, 6.07) is 11.0. The first-order valence-electron chi connectivity index (χ1n) is 7.71. The molecule has 0 atom stereocenters. The molecule has 122 valence electrons. The highest BCUT2D eigenvalue weighted by atomic mass is 16.6. The van der Waals surface area contributed by atoms with Gasteiger partial charge in [-0.25, -0.2) is 0 Å². The van der Waals surface area contributed by atoms with Crippen LogP contribution in [0.15, 0.2) is 42.5 Å². The fourth-order valence-corrected chi connectivity index (χ4v) is 3.02. The summed E-state index contributed by atoms with van der Waals surface area (Å²) < 4.78 is 0. The molecule has 0 fully saturated rings. The summed E-state index contributed by atoms with van der Waals surface area (Å²) in [4.78, 5) is 24.8. The number of carbonyl (C=O) groups is 1. The Bertz CT molecular complexity index is 836. The van der Waals surface area contributed by atoms with Crippen LogP contribution in [0, 0.1) is 10.1 Å². The van der Waals surface area contributed by atoms with E-state index in [1.54, 1.807) is 12.1 Å². The van der Waals surface area contributed by atoms with Crippen molar-refractivity contribution in [3.05, 3.63) is 69.3 Å². The molecular formula is C19H18N2O3. The van der Waals surface area contributed by atoms with Crippen molar-refractivity contribution in [1.29, 1.82) is 0 Å². The number of allylic oxidation sites excluding steroid dienone is 1. The molecule has 5 heteroatoms. The molecule has 0 heterocycles. The lowest BCUT2D eigenvalue weighted by molar-refractivity contribution is -0.384. The second-order valence-corrected chi connectivity index (χ2v) is 6.20. The zero-order chi connectivity index (χ0) is 17.3. The highest BCUT2D eigenvalue weighted by molar-refractivity contribution is 6.01. The topological polar surface area (TPSA) is 63.4 Å². The first-order chi connectivity index (χ1) is 11.5. The Hall–Kier alpha value is -2.79. The average Bonchev–Trinajstić information content (AvgIpc) is 2.53. The Morgan fingerprint density at radius 1 is 1.08 bits per heavy atom. The molecule has 0 amide bonds. The van der Waals surface area contributed by atoms with Gasteiger partial charge < -0.3 is 4.90 Å². The first-order valence-corrected chi connectivity index (χ1v) is 7.71. The molecule has 1 aliphatic carbocycles. The Balaban J connectivity index is 2.13. The maximum Gasteiger partial charge on any atom is 0.277 e. The number of hydrogen-bond acceptors (Lipinski definition) is 4. The second-order valence-electron chi connectivity index (χ2n) is 6.20. The number of rotatable bonds is 4. The highest BCUT2D eigenvalue weighted by Crippen LogP contribution is 2.37. The van der Waals surface area contributed by atoms with Crippen molar-refractivity contribution >= 4 is 17.5 Å². The van der Waals surface area contributed by atoms with Crippen LogP contribution in [-0.4, -0.2) is 29.7 Å². The van der Waals surface area contributed by atoms with E-state index in [9.17, 15) is 14.9 Å². The van der Waals surface area contributed by atoms with Crippen molar-refractivity contribution in [2.24, 2.45) is 0 Å². The number of nitro benzene ring substituents is 1. The third-order valence-corrected chi connectivity index (χ3v) is 4.05. The molecule has 2 aromatic carbocycles. The normalized spacial score (nSPS) is 13.2. The SMILES string of the molecule is CN(C)Cc1ccc(-c2c([N+](=O)[O-])ccc3c2C=CC(=O)C3)cc1. The van der Waals surface area contributed by atoms with Crippen LogP contribution in [0.4, 0.5) is 5.69 Å². The number of nitrogens with zero attached hydrogens (tertiary/aromatic N) is 2. The van der Waals surface area contributed by atoms with Gasteiger partial charge in [0.25, 0.3) is 5.69 Å². The van der Waals surface area contributed by atoms with Gasteiger partial charge in [0, 0.05) is 19.0 Å². The minimum Gasteiger partial charge on any atom is -0.305 e. The molecule has 0 unspecified atom stereocenters. The maximum absolute atomic E-state index is 11.6. The summed E-state index contributed by atoms with van der Waals surface area (Å²) in [6.07, 6.45) is 3.47. The van der Waals surface area contributed by atoms with Gasteiger partial charge >= 0.3 is 0 Å². The molecule has 3 rings (SSSR count). The molecule has 24 heavy (non-hydrogen) atoms. The monoisotopic (exact) mass is 322 g/mol. The van der Waals surface area contributed by atoms with Gasteiger partial charge in [0.2, 0.25) is 0 Å². The van der Waals surface area contributed by atoms with E-state index in [0.717, 1.165) is 28.8 Å². The van der Waals surface area contributed by atoms with Crippen LogP contribution in [0.2, 0.25) is 0 Å². The number of fused-ring (bicyclic) bond motifs is 1. The third-order valence-electron chi connectivity index (χ3n) is 4.05. The molecule has 0 bridgehead atoms. The van der Waals surface area contributed by atoms with Crippen molar-refractivity contribution in [1.82, 2.24) is 4.90 Å². The molecule has 0 spiro atoms. The van der Waals surface area contributed by atoms with E-state index >= 15 is 0 Å². The zero-order valence-corrected chi connectivity index (χ0v) is 13.7. The van der Waals surface area contributed by atoms with E-state index in [4.69, 9.17) is 0 Å². The number of benzene rings is 2. The van der Waals surface area contributed by atoms with Crippen molar-refractivity contribution in [2.45, 2.75) is 13.0 Å². The van der Waals surface area contributed by atoms with Crippen molar-refractivity contribution in [3.63, 3.8) is 0 Å². The van der Waals surface area contributed by atoms with Crippen LogP contribution in [0.5, 0.6) is 0 Å². The number of carbonyl (C=O) groups excluding carboxylic acids is 1. The average molecular weight is 322 g/mol. The molecule has 0 saturated heterocycles. The summed E-state index contributed by atoms with van der Waals surface area (Å²) in [7, 11) is 3.99. The van der Waals surface area contributed by atoms with Crippen LogP contribution in [0.25, 0.3) is 17.2 Å². The molecule has 1 aliphatic rings. The quantitative estimate of drug-likeness (QED) is 0.639. The van der Waals surface area contributed by atoms with E-state index in [1.165, 1.54) is 12.1 Å². The Kier molecular flexibility index (Phi) is 4.27.